The third-order valence-electron chi connectivity index (χ3n) is 2.61. The predicted octanol–water partition coefficient (Wildman–Crippen LogP) is 2.71. The first-order chi connectivity index (χ1) is 9.69. The number of benzene rings is 1. The van der Waals surface area contributed by atoms with Crippen LogP contribution in [0.5, 0.6) is 11.5 Å². The van der Waals surface area contributed by atoms with Gasteiger partial charge < -0.3 is 14.2 Å². The molecule has 0 aliphatic carbocycles. The van der Waals surface area contributed by atoms with Gasteiger partial charge in [0.15, 0.2) is 0 Å². The zero-order valence-corrected chi connectivity index (χ0v) is 13.2. The van der Waals surface area contributed by atoms with Crippen LogP contribution >= 0.6 is 0 Å². The van der Waals surface area contributed by atoms with Crippen LogP contribution < -0.4 is 9.47 Å². The van der Waals surface area contributed by atoms with Crippen LogP contribution in [0.25, 0.3) is 0 Å². The molecule has 0 heterocycles. The fraction of sp³-hybridized carbons (Fsp3) is 0.467. The summed E-state index contributed by atoms with van der Waals surface area (Å²) in [7, 11) is 4.32. The molecule has 0 saturated carbocycles. The first kappa shape index (κ1) is 16.8. The highest BCUT2D eigenvalue weighted by Crippen LogP contribution is 2.25. The lowest BCUT2D eigenvalue weighted by Crippen LogP contribution is -2.38. The lowest BCUT2D eigenvalue weighted by atomic mass is 10.1. The molecule has 0 spiro atoms. The number of carbonyl (C=O) groups is 2. The van der Waals surface area contributed by atoms with Crippen molar-refractivity contribution in [3.8, 4) is 11.5 Å². The fourth-order valence-corrected chi connectivity index (χ4v) is 1.57. The van der Waals surface area contributed by atoms with E-state index in [2.05, 4.69) is 0 Å². The smallest absolute Gasteiger partial charge is 0.417 e. The maximum Gasteiger partial charge on any atom is 0.417 e. The Hall–Kier alpha value is -2.24. The number of imide groups is 1. The van der Waals surface area contributed by atoms with E-state index in [0.29, 0.717) is 11.5 Å². The van der Waals surface area contributed by atoms with Crippen molar-refractivity contribution in [3.05, 3.63) is 23.8 Å². The fourth-order valence-electron chi connectivity index (χ4n) is 1.57. The van der Waals surface area contributed by atoms with E-state index in [9.17, 15) is 9.59 Å². The van der Waals surface area contributed by atoms with Crippen molar-refractivity contribution < 1.29 is 23.8 Å². The highest BCUT2D eigenvalue weighted by Gasteiger charge is 2.26. The minimum atomic E-state index is -0.717. The molecule has 0 aromatic heterocycles. The van der Waals surface area contributed by atoms with Crippen LogP contribution in [0.15, 0.2) is 18.2 Å². The summed E-state index contributed by atoms with van der Waals surface area (Å²) in [6.45, 7) is 5.20. The first-order valence-electron chi connectivity index (χ1n) is 6.42. The van der Waals surface area contributed by atoms with Crippen molar-refractivity contribution in [1.82, 2.24) is 4.90 Å². The molecule has 6 nitrogen and oxygen atoms in total. The van der Waals surface area contributed by atoms with Gasteiger partial charge in [-0.15, -0.1) is 0 Å². The summed E-state index contributed by atoms with van der Waals surface area (Å²) in [6, 6.07) is 4.75. The molecule has 1 aromatic carbocycles. The molecule has 0 aliphatic rings. The molecule has 0 bridgehead atoms. The van der Waals surface area contributed by atoms with Crippen LogP contribution in [0.3, 0.4) is 0 Å². The monoisotopic (exact) mass is 295 g/mol. The Kier molecular flexibility index (Phi) is 5.18. The van der Waals surface area contributed by atoms with Crippen LogP contribution in [0, 0.1) is 0 Å². The van der Waals surface area contributed by atoms with E-state index in [4.69, 9.17) is 14.2 Å². The van der Waals surface area contributed by atoms with Crippen LogP contribution in [0.4, 0.5) is 4.79 Å². The molecule has 0 unspecified atom stereocenters. The Morgan fingerprint density at radius 1 is 1.10 bits per heavy atom. The highest BCUT2D eigenvalue weighted by molar-refractivity contribution is 6.04. The average Bonchev–Trinajstić information content (AvgIpc) is 2.43. The Morgan fingerprint density at radius 2 is 1.71 bits per heavy atom. The summed E-state index contributed by atoms with van der Waals surface area (Å²) in [4.78, 5) is 25.2. The highest BCUT2D eigenvalue weighted by atomic mass is 16.6. The number of amides is 2. The molecule has 0 aliphatic heterocycles. The topological polar surface area (TPSA) is 65.1 Å². The maximum absolute atomic E-state index is 12.4. The summed E-state index contributed by atoms with van der Waals surface area (Å²) in [5, 5.41) is 0. The van der Waals surface area contributed by atoms with Crippen molar-refractivity contribution in [3.63, 3.8) is 0 Å². The van der Waals surface area contributed by atoms with Gasteiger partial charge >= 0.3 is 6.09 Å². The van der Waals surface area contributed by atoms with Gasteiger partial charge in [-0.1, -0.05) is 0 Å². The minimum Gasteiger partial charge on any atom is -0.497 e. The standard InChI is InChI=1S/C15H21NO5/c1-15(2,3)21-14(18)16(4)13(17)11-8-7-10(19-5)9-12(11)20-6/h7-9H,1-6H3. The normalized spacial score (nSPS) is 10.8. The SMILES string of the molecule is COc1ccc(C(=O)N(C)C(=O)OC(C)(C)C)c(OC)c1. The molecule has 6 heteroatoms. The quantitative estimate of drug-likeness (QED) is 0.857. The molecule has 1 rings (SSSR count). The molecular formula is C15H21NO5. The van der Waals surface area contributed by atoms with Gasteiger partial charge in [0.25, 0.3) is 5.91 Å². The van der Waals surface area contributed by atoms with Crippen LogP contribution in [-0.2, 0) is 4.74 Å². The van der Waals surface area contributed by atoms with Gasteiger partial charge in [-0.25, -0.2) is 9.69 Å². The molecule has 0 N–H and O–H groups in total. The van der Waals surface area contributed by atoms with Gasteiger partial charge in [-0.3, -0.25) is 4.79 Å². The molecular weight excluding hydrogens is 274 g/mol. The number of hydrogen-bond donors (Lipinski definition) is 0. The Bertz CT molecular complexity index is 533. The Morgan fingerprint density at radius 3 is 2.19 bits per heavy atom. The number of ether oxygens (including phenoxy) is 3. The second-order valence-electron chi connectivity index (χ2n) is 5.41. The molecule has 116 valence electrons. The number of nitrogens with zero attached hydrogens (tertiary/aromatic N) is 1. The van der Waals surface area contributed by atoms with Crippen LogP contribution in [-0.4, -0.2) is 43.8 Å². The van der Waals surface area contributed by atoms with Gasteiger partial charge in [-0.2, -0.15) is 0 Å². The van der Waals surface area contributed by atoms with Gasteiger partial charge in [0.05, 0.1) is 19.8 Å². The summed E-state index contributed by atoms with van der Waals surface area (Å²) in [5.41, 5.74) is -0.415. The van der Waals surface area contributed by atoms with Crippen molar-refractivity contribution in [1.29, 1.82) is 0 Å². The summed E-state index contributed by atoms with van der Waals surface area (Å²) in [5.74, 6) is 0.377. The van der Waals surface area contributed by atoms with E-state index >= 15 is 0 Å². The van der Waals surface area contributed by atoms with Gasteiger partial charge in [0.2, 0.25) is 0 Å². The number of hydrogen-bond acceptors (Lipinski definition) is 5. The molecule has 0 atom stereocenters. The average molecular weight is 295 g/mol. The second kappa shape index (κ2) is 6.47. The summed E-state index contributed by atoms with van der Waals surface area (Å²) in [6.07, 6.45) is -0.717. The van der Waals surface area contributed by atoms with E-state index in [0.717, 1.165) is 4.90 Å². The predicted molar refractivity (Wildman–Crippen MR) is 77.9 cm³/mol. The first-order valence-corrected chi connectivity index (χ1v) is 6.42. The van der Waals surface area contributed by atoms with E-state index < -0.39 is 17.6 Å². The molecule has 0 saturated heterocycles. The van der Waals surface area contributed by atoms with E-state index in [1.54, 1.807) is 39.0 Å². The molecule has 0 radical (unpaired) electrons. The van der Waals surface area contributed by atoms with Crippen LogP contribution in [0.1, 0.15) is 31.1 Å². The maximum atomic E-state index is 12.4. The lowest BCUT2D eigenvalue weighted by molar-refractivity contribution is 0.0284. The van der Waals surface area contributed by atoms with E-state index in [-0.39, 0.29) is 5.56 Å². The third kappa shape index (κ3) is 4.37. The van der Waals surface area contributed by atoms with E-state index in [1.165, 1.54) is 21.3 Å². The molecule has 1 aromatic rings. The second-order valence-corrected chi connectivity index (χ2v) is 5.41. The molecule has 21 heavy (non-hydrogen) atoms. The van der Waals surface area contributed by atoms with E-state index in [1.807, 2.05) is 0 Å². The largest absolute Gasteiger partial charge is 0.497 e. The summed E-state index contributed by atoms with van der Waals surface area (Å²) < 4.78 is 15.4. The van der Waals surface area contributed by atoms with Crippen molar-refractivity contribution in [2.45, 2.75) is 26.4 Å². The number of rotatable bonds is 3. The lowest BCUT2D eigenvalue weighted by Gasteiger charge is -2.24. The number of carbonyl (C=O) groups excluding carboxylic acids is 2. The van der Waals surface area contributed by atoms with Crippen molar-refractivity contribution >= 4 is 12.0 Å². The zero-order valence-electron chi connectivity index (χ0n) is 13.2. The van der Waals surface area contributed by atoms with Gasteiger partial charge in [0.1, 0.15) is 17.1 Å². The third-order valence-corrected chi connectivity index (χ3v) is 2.61. The molecule has 0 fully saturated rings. The van der Waals surface area contributed by atoms with Crippen molar-refractivity contribution in [2.24, 2.45) is 0 Å². The Balaban J connectivity index is 3.00. The molecule has 2 amide bonds. The van der Waals surface area contributed by atoms with Crippen LogP contribution in [0.2, 0.25) is 0 Å². The minimum absolute atomic E-state index is 0.256. The van der Waals surface area contributed by atoms with Gasteiger partial charge in [0, 0.05) is 13.1 Å². The van der Waals surface area contributed by atoms with Crippen molar-refractivity contribution in [2.75, 3.05) is 21.3 Å². The van der Waals surface area contributed by atoms with Gasteiger partial charge in [-0.05, 0) is 32.9 Å². The number of methoxy groups -OCH3 is 2. The zero-order chi connectivity index (χ0) is 16.2. The Labute approximate surface area is 124 Å². The summed E-state index contributed by atoms with van der Waals surface area (Å²) >= 11 is 0.